The molecule has 18 heavy (non-hydrogen) atoms. The van der Waals surface area contributed by atoms with E-state index in [-0.39, 0.29) is 9.77 Å². The highest BCUT2D eigenvalue weighted by Gasteiger charge is 2.29. The molecule has 0 unspecified atom stereocenters. The summed E-state index contributed by atoms with van der Waals surface area (Å²) >= 11 is 0.947. The minimum Gasteiger partial charge on any atom is -0.477 e. The van der Waals surface area contributed by atoms with E-state index in [4.69, 9.17) is 5.11 Å². The zero-order valence-electron chi connectivity index (χ0n) is 10.6. The fraction of sp³-hybridized carbons (Fsp3) is 0.545. The Hall–Kier alpha value is -0.920. The van der Waals surface area contributed by atoms with Gasteiger partial charge in [0.1, 0.15) is 9.77 Å². The standard InChI is InChI=1S/C11H17NO4S2/c1-4-5-6-12(3)18(15,16)10-8(2)7-17-9(10)11(13)14/h7H,4-6H2,1-3H3,(H,13,14). The van der Waals surface area contributed by atoms with E-state index >= 15 is 0 Å². The molecule has 1 heterocycles. The lowest BCUT2D eigenvalue weighted by molar-refractivity contribution is 0.0698. The van der Waals surface area contributed by atoms with Crippen molar-refractivity contribution >= 4 is 27.3 Å². The van der Waals surface area contributed by atoms with Gasteiger partial charge in [-0.25, -0.2) is 17.5 Å². The Labute approximate surface area is 111 Å². The van der Waals surface area contributed by atoms with Crippen LogP contribution < -0.4 is 0 Å². The number of carboxylic acid groups (broad SMARTS) is 1. The monoisotopic (exact) mass is 291 g/mol. The van der Waals surface area contributed by atoms with Crippen molar-refractivity contribution in [3.63, 3.8) is 0 Å². The van der Waals surface area contributed by atoms with Crippen LogP contribution in [0.3, 0.4) is 0 Å². The van der Waals surface area contributed by atoms with Crippen molar-refractivity contribution in [2.24, 2.45) is 0 Å². The van der Waals surface area contributed by atoms with Crippen LogP contribution in [0.5, 0.6) is 0 Å². The largest absolute Gasteiger partial charge is 0.477 e. The van der Waals surface area contributed by atoms with E-state index in [0.29, 0.717) is 12.1 Å². The van der Waals surface area contributed by atoms with Crippen LogP contribution >= 0.6 is 11.3 Å². The first-order valence-electron chi connectivity index (χ1n) is 5.60. The maximum atomic E-state index is 12.3. The Bertz CT molecular complexity index is 533. The number of aromatic carboxylic acids is 1. The maximum Gasteiger partial charge on any atom is 0.347 e. The highest BCUT2D eigenvalue weighted by Crippen LogP contribution is 2.29. The second-order valence-corrected chi connectivity index (χ2v) is 6.92. The van der Waals surface area contributed by atoms with Gasteiger partial charge in [0, 0.05) is 13.6 Å². The molecular weight excluding hydrogens is 274 g/mol. The van der Waals surface area contributed by atoms with Crippen molar-refractivity contribution in [1.82, 2.24) is 4.31 Å². The molecule has 1 rings (SSSR count). The molecule has 0 amide bonds. The molecule has 0 saturated heterocycles. The van der Waals surface area contributed by atoms with Crippen LogP contribution in [0, 0.1) is 6.92 Å². The molecule has 1 aromatic rings. The van der Waals surface area contributed by atoms with E-state index < -0.39 is 16.0 Å². The van der Waals surface area contributed by atoms with E-state index in [1.807, 2.05) is 6.92 Å². The first kappa shape index (κ1) is 15.1. The molecule has 0 atom stereocenters. The van der Waals surface area contributed by atoms with Crippen LogP contribution in [-0.2, 0) is 10.0 Å². The molecular formula is C11H17NO4S2. The van der Waals surface area contributed by atoms with Crippen LogP contribution in [-0.4, -0.2) is 37.4 Å². The van der Waals surface area contributed by atoms with Gasteiger partial charge in [-0.2, -0.15) is 0 Å². The molecule has 0 bridgehead atoms. The van der Waals surface area contributed by atoms with Crippen LogP contribution in [0.2, 0.25) is 0 Å². The highest BCUT2D eigenvalue weighted by molar-refractivity contribution is 7.89. The quantitative estimate of drug-likeness (QED) is 0.871. The molecule has 0 spiro atoms. The second kappa shape index (κ2) is 5.81. The molecule has 1 N–H and O–H groups in total. The Morgan fingerprint density at radius 3 is 2.61 bits per heavy atom. The summed E-state index contributed by atoms with van der Waals surface area (Å²) in [6.07, 6.45) is 1.63. The number of nitrogens with zero attached hydrogens (tertiary/aromatic N) is 1. The van der Waals surface area contributed by atoms with Crippen LogP contribution in [0.25, 0.3) is 0 Å². The third-order valence-electron chi connectivity index (χ3n) is 2.61. The summed E-state index contributed by atoms with van der Waals surface area (Å²) in [6, 6.07) is 0. The van der Waals surface area contributed by atoms with Crippen molar-refractivity contribution in [3.8, 4) is 0 Å². The van der Waals surface area contributed by atoms with Crippen LogP contribution in [0.1, 0.15) is 35.0 Å². The smallest absolute Gasteiger partial charge is 0.347 e. The average Bonchev–Trinajstić information content (AvgIpc) is 2.68. The number of sulfonamides is 1. The molecule has 0 radical (unpaired) electrons. The molecule has 1 aromatic heterocycles. The van der Waals surface area contributed by atoms with Gasteiger partial charge in [-0.15, -0.1) is 11.3 Å². The molecule has 5 nitrogen and oxygen atoms in total. The number of carbonyl (C=O) groups is 1. The Morgan fingerprint density at radius 1 is 1.50 bits per heavy atom. The average molecular weight is 291 g/mol. The molecule has 0 aromatic carbocycles. The molecule has 0 aliphatic carbocycles. The lowest BCUT2D eigenvalue weighted by Crippen LogP contribution is -2.29. The number of hydrogen-bond donors (Lipinski definition) is 1. The number of unbranched alkanes of at least 4 members (excludes halogenated alkanes) is 1. The summed E-state index contributed by atoms with van der Waals surface area (Å²) in [4.78, 5) is 10.9. The molecule has 0 fully saturated rings. The van der Waals surface area contributed by atoms with E-state index in [0.717, 1.165) is 24.2 Å². The zero-order chi connectivity index (χ0) is 13.9. The highest BCUT2D eigenvalue weighted by atomic mass is 32.2. The van der Waals surface area contributed by atoms with Gasteiger partial charge < -0.3 is 5.11 Å². The van der Waals surface area contributed by atoms with Crippen molar-refractivity contribution < 1.29 is 18.3 Å². The Morgan fingerprint density at radius 2 is 2.11 bits per heavy atom. The number of thiophene rings is 1. The summed E-state index contributed by atoms with van der Waals surface area (Å²) in [7, 11) is -2.23. The van der Waals surface area contributed by atoms with Crippen molar-refractivity contribution in [2.75, 3.05) is 13.6 Å². The number of hydrogen-bond acceptors (Lipinski definition) is 4. The minimum atomic E-state index is -3.71. The lowest BCUT2D eigenvalue weighted by Gasteiger charge is -2.17. The van der Waals surface area contributed by atoms with Gasteiger partial charge in [-0.05, 0) is 24.3 Å². The third kappa shape index (κ3) is 2.90. The van der Waals surface area contributed by atoms with Crippen molar-refractivity contribution in [2.45, 2.75) is 31.6 Å². The van der Waals surface area contributed by atoms with Crippen molar-refractivity contribution in [1.29, 1.82) is 0 Å². The van der Waals surface area contributed by atoms with Crippen molar-refractivity contribution in [3.05, 3.63) is 15.8 Å². The summed E-state index contributed by atoms with van der Waals surface area (Å²) in [6.45, 7) is 3.98. The Balaban J connectivity index is 3.20. The number of rotatable bonds is 6. The van der Waals surface area contributed by atoms with Gasteiger partial charge in [0.05, 0.1) is 0 Å². The Kier molecular flexibility index (Phi) is 4.89. The van der Waals surface area contributed by atoms with Gasteiger partial charge in [0.2, 0.25) is 10.0 Å². The van der Waals surface area contributed by atoms with Crippen LogP contribution in [0.4, 0.5) is 0 Å². The van der Waals surface area contributed by atoms with Gasteiger partial charge in [-0.3, -0.25) is 0 Å². The predicted molar refractivity (Wildman–Crippen MR) is 70.7 cm³/mol. The fourth-order valence-electron chi connectivity index (χ4n) is 1.56. The first-order valence-corrected chi connectivity index (χ1v) is 7.92. The SMILES string of the molecule is CCCCN(C)S(=O)(=O)c1c(C)csc1C(=O)O. The maximum absolute atomic E-state index is 12.3. The number of carboxylic acids is 1. The van der Waals surface area contributed by atoms with Crippen LogP contribution in [0.15, 0.2) is 10.3 Å². The summed E-state index contributed by atoms with van der Waals surface area (Å²) < 4.78 is 25.8. The molecule has 0 aliphatic heterocycles. The molecule has 0 aliphatic rings. The van der Waals surface area contributed by atoms with Gasteiger partial charge in [0.15, 0.2) is 0 Å². The second-order valence-electron chi connectivity index (χ2n) is 4.06. The van der Waals surface area contributed by atoms with E-state index in [9.17, 15) is 13.2 Å². The van der Waals surface area contributed by atoms with Gasteiger partial charge in [0.25, 0.3) is 0 Å². The predicted octanol–water partition coefficient (Wildman–Crippen LogP) is 2.18. The zero-order valence-corrected chi connectivity index (χ0v) is 12.3. The molecule has 0 saturated carbocycles. The van der Waals surface area contributed by atoms with E-state index in [2.05, 4.69) is 0 Å². The summed E-state index contributed by atoms with van der Waals surface area (Å²) in [5.41, 5.74) is 0.487. The summed E-state index contributed by atoms with van der Waals surface area (Å²) in [5, 5.41) is 10.6. The third-order valence-corrected chi connectivity index (χ3v) is 5.87. The topological polar surface area (TPSA) is 74.7 Å². The van der Waals surface area contributed by atoms with Gasteiger partial charge >= 0.3 is 5.97 Å². The molecule has 102 valence electrons. The molecule has 7 heteroatoms. The first-order chi connectivity index (χ1) is 8.32. The number of aryl methyl sites for hydroxylation is 1. The minimum absolute atomic E-state index is 0.0707. The normalized spacial score (nSPS) is 12.0. The van der Waals surface area contributed by atoms with E-state index in [1.54, 1.807) is 12.3 Å². The summed E-state index contributed by atoms with van der Waals surface area (Å²) in [5.74, 6) is -1.20. The lowest BCUT2D eigenvalue weighted by atomic mass is 10.3. The van der Waals surface area contributed by atoms with Gasteiger partial charge in [-0.1, -0.05) is 13.3 Å². The van der Waals surface area contributed by atoms with E-state index in [1.165, 1.54) is 11.4 Å². The fourth-order valence-corrected chi connectivity index (χ4v) is 4.34.